The maximum absolute atomic E-state index is 12.3. The first-order chi connectivity index (χ1) is 23.3. The molecule has 1 aromatic rings. The highest BCUT2D eigenvalue weighted by Gasteiger charge is 2.34. The number of imide groups is 1. The highest BCUT2D eigenvalue weighted by atomic mass is 19.1. The maximum atomic E-state index is 12.3. The van der Waals surface area contributed by atoms with Crippen molar-refractivity contribution in [3.8, 4) is 0 Å². The van der Waals surface area contributed by atoms with E-state index in [2.05, 4.69) is 0 Å². The largest absolute Gasteiger partial charge is 0.377 e. The van der Waals surface area contributed by atoms with Gasteiger partial charge in [0.15, 0.2) is 0 Å². The third-order valence-electron chi connectivity index (χ3n) is 6.28. The summed E-state index contributed by atoms with van der Waals surface area (Å²) in [6, 6.07) is 6.81. The van der Waals surface area contributed by atoms with E-state index in [1.54, 1.807) is 24.3 Å². The second-order valence-corrected chi connectivity index (χ2v) is 9.73. The third kappa shape index (κ3) is 20.7. The standard InChI is InChI=1S/C32H52FNO13/c33-5-7-37-9-11-39-13-15-41-17-19-43-21-23-45-25-27-47-28-26-46-24-22-44-20-18-42-16-14-40-12-10-38-8-6-34-31(35)29-3-1-2-4-30(29)32(34)36/h1-4H,5-28H2. The van der Waals surface area contributed by atoms with Gasteiger partial charge < -0.3 is 52.1 Å². The molecule has 0 saturated heterocycles. The van der Waals surface area contributed by atoms with Gasteiger partial charge in [0.25, 0.3) is 11.8 Å². The lowest BCUT2D eigenvalue weighted by molar-refractivity contribution is -0.0276. The number of alkyl halides is 1. The van der Waals surface area contributed by atoms with E-state index in [9.17, 15) is 14.0 Å². The fourth-order valence-corrected chi connectivity index (χ4v) is 3.95. The molecule has 270 valence electrons. The smallest absolute Gasteiger partial charge is 0.261 e. The molecule has 15 heteroatoms. The molecule has 0 N–H and O–H groups in total. The van der Waals surface area contributed by atoms with E-state index in [1.165, 1.54) is 4.90 Å². The summed E-state index contributed by atoms with van der Waals surface area (Å²) in [5.74, 6) is -0.562. The van der Waals surface area contributed by atoms with Crippen LogP contribution in [0.3, 0.4) is 0 Å². The molecule has 0 aliphatic carbocycles. The first-order valence-electron chi connectivity index (χ1n) is 16.1. The Bertz CT molecular complexity index is 879. The number of benzene rings is 1. The molecule has 0 spiro atoms. The Balaban J connectivity index is 1.18. The van der Waals surface area contributed by atoms with Crippen molar-refractivity contribution in [2.75, 3.05) is 159 Å². The van der Waals surface area contributed by atoms with Gasteiger partial charge in [-0.05, 0) is 12.1 Å². The Morgan fingerprint density at radius 3 is 0.872 bits per heavy atom. The molecule has 47 heavy (non-hydrogen) atoms. The van der Waals surface area contributed by atoms with Crippen molar-refractivity contribution in [3.63, 3.8) is 0 Å². The summed E-state index contributed by atoms with van der Waals surface area (Å²) in [5, 5.41) is 0. The van der Waals surface area contributed by atoms with Gasteiger partial charge in [-0.3, -0.25) is 14.5 Å². The van der Waals surface area contributed by atoms with Crippen LogP contribution in [0.1, 0.15) is 20.7 Å². The van der Waals surface area contributed by atoms with Crippen LogP contribution in [-0.4, -0.2) is 175 Å². The number of ether oxygens (including phenoxy) is 11. The molecule has 0 unspecified atom stereocenters. The lowest BCUT2D eigenvalue weighted by Crippen LogP contribution is -2.33. The van der Waals surface area contributed by atoms with Gasteiger partial charge >= 0.3 is 0 Å². The predicted octanol–water partition coefficient (Wildman–Crippen LogP) is 1.43. The molecular weight excluding hydrogens is 625 g/mol. The van der Waals surface area contributed by atoms with Crippen molar-refractivity contribution in [1.29, 1.82) is 0 Å². The molecule has 0 radical (unpaired) electrons. The topological polar surface area (TPSA) is 139 Å². The van der Waals surface area contributed by atoms with Gasteiger partial charge in [-0.25, -0.2) is 4.39 Å². The SMILES string of the molecule is O=C1c2ccccc2C(=O)N1CCOCCOCCOCCOCCOCCOCCOCCOCCOCCOCCOCCF. The zero-order chi connectivity index (χ0) is 33.5. The summed E-state index contributed by atoms with van der Waals surface area (Å²) >= 11 is 0. The number of halogens is 1. The Hall–Kier alpha value is -2.15. The zero-order valence-electron chi connectivity index (χ0n) is 27.4. The normalized spacial score (nSPS) is 12.8. The zero-order valence-corrected chi connectivity index (χ0v) is 27.4. The van der Waals surface area contributed by atoms with Gasteiger partial charge in [0.05, 0.1) is 163 Å². The summed E-state index contributed by atoms with van der Waals surface area (Å²) < 4.78 is 71.1. The van der Waals surface area contributed by atoms with Gasteiger partial charge in [-0.15, -0.1) is 0 Å². The van der Waals surface area contributed by atoms with E-state index in [4.69, 9.17) is 52.1 Å². The van der Waals surface area contributed by atoms with Gasteiger partial charge in [0.1, 0.15) is 6.67 Å². The minimum atomic E-state index is -0.481. The number of hydrogen-bond donors (Lipinski definition) is 0. The molecular formula is C32H52FNO13. The van der Waals surface area contributed by atoms with E-state index in [-0.39, 0.29) is 31.6 Å². The van der Waals surface area contributed by atoms with Crippen LogP contribution in [0.15, 0.2) is 24.3 Å². The van der Waals surface area contributed by atoms with E-state index >= 15 is 0 Å². The van der Waals surface area contributed by atoms with E-state index in [1.807, 2.05) is 0 Å². The van der Waals surface area contributed by atoms with Gasteiger partial charge in [-0.2, -0.15) is 0 Å². The first kappa shape index (κ1) is 41.0. The first-order valence-corrected chi connectivity index (χ1v) is 16.1. The van der Waals surface area contributed by atoms with Crippen LogP contribution in [0, 0.1) is 0 Å². The van der Waals surface area contributed by atoms with Crippen molar-refractivity contribution in [2.45, 2.75) is 0 Å². The number of nitrogens with zero attached hydrogens (tertiary/aromatic N) is 1. The molecule has 1 aromatic carbocycles. The average molecular weight is 678 g/mol. The molecule has 0 bridgehead atoms. The minimum Gasteiger partial charge on any atom is -0.377 e. The monoisotopic (exact) mass is 677 g/mol. The number of carbonyl (C=O) groups excluding carboxylic acids is 2. The number of carbonyl (C=O) groups is 2. The third-order valence-corrected chi connectivity index (χ3v) is 6.28. The highest BCUT2D eigenvalue weighted by molar-refractivity contribution is 6.21. The van der Waals surface area contributed by atoms with Crippen molar-refractivity contribution in [1.82, 2.24) is 4.90 Å². The summed E-state index contributed by atoms with van der Waals surface area (Å²) in [6.07, 6.45) is 0. The number of fused-ring (bicyclic) bond motifs is 1. The molecule has 2 rings (SSSR count). The lowest BCUT2D eigenvalue weighted by Gasteiger charge is -2.13. The molecule has 0 saturated carbocycles. The van der Waals surface area contributed by atoms with Crippen LogP contribution in [0.5, 0.6) is 0 Å². The molecule has 14 nitrogen and oxygen atoms in total. The Kier molecular flexibility index (Phi) is 26.1. The van der Waals surface area contributed by atoms with E-state index < -0.39 is 6.67 Å². The second-order valence-electron chi connectivity index (χ2n) is 9.73. The fraction of sp³-hybridized carbons (Fsp3) is 0.750. The van der Waals surface area contributed by atoms with Crippen LogP contribution >= 0.6 is 0 Å². The number of hydrogen-bond acceptors (Lipinski definition) is 13. The predicted molar refractivity (Wildman–Crippen MR) is 167 cm³/mol. The minimum absolute atomic E-state index is 0.107. The molecule has 1 heterocycles. The highest BCUT2D eigenvalue weighted by Crippen LogP contribution is 2.21. The number of amides is 2. The van der Waals surface area contributed by atoms with Crippen molar-refractivity contribution in [2.24, 2.45) is 0 Å². The molecule has 1 aliphatic heterocycles. The molecule has 0 atom stereocenters. The van der Waals surface area contributed by atoms with Crippen molar-refractivity contribution < 1.29 is 66.1 Å². The summed E-state index contributed by atoms with van der Waals surface area (Å²) in [5.41, 5.74) is 0.877. The molecule has 0 fully saturated rings. The Morgan fingerprint density at radius 2 is 0.617 bits per heavy atom. The quantitative estimate of drug-likeness (QED) is 0.0757. The van der Waals surface area contributed by atoms with Crippen molar-refractivity contribution >= 4 is 11.8 Å². The van der Waals surface area contributed by atoms with Crippen LogP contribution < -0.4 is 0 Å². The van der Waals surface area contributed by atoms with Crippen LogP contribution in [-0.2, 0) is 52.1 Å². The molecule has 0 aromatic heterocycles. The van der Waals surface area contributed by atoms with Gasteiger partial charge in [-0.1, -0.05) is 12.1 Å². The van der Waals surface area contributed by atoms with Crippen LogP contribution in [0.25, 0.3) is 0 Å². The van der Waals surface area contributed by atoms with Crippen LogP contribution in [0.4, 0.5) is 4.39 Å². The van der Waals surface area contributed by atoms with Crippen LogP contribution in [0.2, 0.25) is 0 Å². The van der Waals surface area contributed by atoms with E-state index in [0.717, 1.165) is 0 Å². The Morgan fingerprint density at radius 1 is 0.383 bits per heavy atom. The summed E-state index contributed by atoms with van der Waals surface area (Å²) in [6.45, 7) is 9.17. The van der Waals surface area contributed by atoms with Gasteiger partial charge in [0.2, 0.25) is 0 Å². The van der Waals surface area contributed by atoms with Gasteiger partial charge in [0, 0.05) is 0 Å². The fourth-order valence-electron chi connectivity index (χ4n) is 3.95. The second kappa shape index (κ2) is 29.9. The van der Waals surface area contributed by atoms with Crippen molar-refractivity contribution in [3.05, 3.63) is 35.4 Å². The molecule has 1 aliphatic rings. The molecule has 2 amide bonds. The summed E-state index contributed by atoms with van der Waals surface area (Å²) in [7, 11) is 0. The Labute approximate surface area is 276 Å². The summed E-state index contributed by atoms with van der Waals surface area (Å²) in [4.78, 5) is 25.8. The van der Waals surface area contributed by atoms with E-state index in [0.29, 0.717) is 143 Å². The average Bonchev–Trinajstić information content (AvgIpc) is 3.33. The maximum Gasteiger partial charge on any atom is 0.261 e. The lowest BCUT2D eigenvalue weighted by atomic mass is 10.1. The number of rotatable bonds is 35.